The molecule has 1 aliphatic rings. The molecular formula is C24H21NO3S. The summed E-state index contributed by atoms with van der Waals surface area (Å²) in [5, 5.41) is 1.80. The van der Waals surface area contributed by atoms with Crippen molar-refractivity contribution in [3.8, 4) is 5.75 Å². The fourth-order valence-corrected chi connectivity index (χ4v) is 4.29. The van der Waals surface area contributed by atoms with Gasteiger partial charge in [0.05, 0.1) is 18.1 Å². The summed E-state index contributed by atoms with van der Waals surface area (Å²) in [6, 6.07) is 19.7. The van der Waals surface area contributed by atoms with Gasteiger partial charge in [-0.25, -0.2) is 0 Å². The number of aryl methyl sites for hydroxylation is 1. The molecule has 5 heteroatoms. The second kappa shape index (κ2) is 8.13. The summed E-state index contributed by atoms with van der Waals surface area (Å²) in [5.74, 6) is 0.438. The van der Waals surface area contributed by atoms with Gasteiger partial charge in [0.15, 0.2) is 0 Å². The molecule has 0 spiro atoms. The molecule has 0 unspecified atom stereocenters. The normalized spacial score (nSPS) is 15.5. The van der Waals surface area contributed by atoms with Gasteiger partial charge in [0.1, 0.15) is 5.75 Å². The molecule has 2 amide bonds. The first kappa shape index (κ1) is 19.3. The van der Waals surface area contributed by atoms with Gasteiger partial charge >= 0.3 is 0 Å². The number of benzene rings is 3. The number of carbonyl (C=O) groups is 2. The Bertz CT molecular complexity index is 1140. The SMILES string of the molecule is CCOc1ccc2ccccc2c1/C=C1/SC(=O)N(Cc2cccc(C)c2)C1=O. The molecule has 29 heavy (non-hydrogen) atoms. The number of rotatable bonds is 5. The van der Waals surface area contributed by atoms with Crippen molar-refractivity contribution in [3.63, 3.8) is 0 Å². The summed E-state index contributed by atoms with van der Waals surface area (Å²) >= 11 is 0.978. The topological polar surface area (TPSA) is 46.6 Å². The van der Waals surface area contributed by atoms with E-state index in [2.05, 4.69) is 0 Å². The van der Waals surface area contributed by atoms with Crippen molar-refractivity contribution in [2.24, 2.45) is 0 Å². The summed E-state index contributed by atoms with van der Waals surface area (Å²) in [7, 11) is 0. The first-order valence-corrected chi connectivity index (χ1v) is 10.3. The van der Waals surface area contributed by atoms with Gasteiger partial charge in [-0.05, 0) is 54.1 Å². The molecule has 0 aromatic heterocycles. The molecule has 3 aromatic carbocycles. The van der Waals surface area contributed by atoms with Gasteiger partial charge in [-0.15, -0.1) is 0 Å². The lowest BCUT2D eigenvalue weighted by Crippen LogP contribution is -2.27. The van der Waals surface area contributed by atoms with Crippen LogP contribution in [0.15, 0.2) is 65.6 Å². The Labute approximate surface area is 174 Å². The fraction of sp³-hybridized carbons (Fsp3) is 0.167. The number of fused-ring (bicyclic) bond motifs is 1. The largest absolute Gasteiger partial charge is 0.493 e. The molecule has 146 valence electrons. The van der Waals surface area contributed by atoms with Gasteiger partial charge < -0.3 is 4.74 Å². The third kappa shape index (κ3) is 3.91. The van der Waals surface area contributed by atoms with Crippen LogP contribution >= 0.6 is 11.8 Å². The molecule has 4 nitrogen and oxygen atoms in total. The van der Waals surface area contributed by atoms with E-state index in [0.717, 1.165) is 39.2 Å². The predicted molar refractivity (Wildman–Crippen MR) is 118 cm³/mol. The van der Waals surface area contributed by atoms with Crippen LogP contribution < -0.4 is 4.74 Å². The number of nitrogens with zero attached hydrogens (tertiary/aromatic N) is 1. The molecule has 0 atom stereocenters. The third-order valence-electron chi connectivity index (χ3n) is 4.80. The molecule has 3 aromatic rings. The number of imide groups is 1. The van der Waals surface area contributed by atoms with E-state index < -0.39 is 0 Å². The van der Waals surface area contributed by atoms with E-state index in [9.17, 15) is 9.59 Å². The van der Waals surface area contributed by atoms with E-state index in [4.69, 9.17) is 4.74 Å². The van der Waals surface area contributed by atoms with Gasteiger partial charge in [-0.3, -0.25) is 14.5 Å². The van der Waals surface area contributed by atoms with Crippen LogP contribution in [0.1, 0.15) is 23.6 Å². The van der Waals surface area contributed by atoms with Gasteiger partial charge in [0.25, 0.3) is 11.1 Å². The molecule has 0 bridgehead atoms. The Balaban J connectivity index is 1.71. The van der Waals surface area contributed by atoms with E-state index in [-0.39, 0.29) is 17.7 Å². The van der Waals surface area contributed by atoms with Crippen molar-refractivity contribution < 1.29 is 14.3 Å². The minimum Gasteiger partial charge on any atom is -0.493 e. The summed E-state index contributed by atoms with van der Waals surface area (Å²) < 4.78 is 5.79. The molecule has 1 aliphatic heterocycles. The van der Waals surface area contributed by atoms with Crippen molar-refractivity contribution in [2.45, 2.75) is 20.4 Å². The lowest BCUT2D eigenvalue weighted by atomic mass is 10.0. The van der Waals surface area contributed by atoms with Crippen molar-refractivity contribution in [1.82, 2.24) is 4.90 Å². The van der Waals surface area contributed by atoms with E-state index >= 15 is 0 Å². The van der Waals surface area contributed by atoms with Gasteiger partial charge in [0, 0.05) is 5.56 Å². The number of thioether (sulfide) groups is 1. The predicted octanol–water partition coefficient (Wildman–Crippen LogP) is 5.78. The second-order valence-corrected chi connectivity index (χ2v) is 7.88. The molecule has 1 heterocycles. The minimum absolute atomic E-state index is 0.249. The summed E-state index contributed by atoms with van der Waals surface area (Å²) in [6.45, 7) is 4.72. The van der Waals surface area contributed by atoms with Crippen LogP contribution in [0.4, 0.5) is 4.79 Å². The van der Waals surface area contributed by atoms with Crippen LogP contribution in [0.3, 0.4) is 0 Å². The highest BCUT2D eigenvalue weighted by molar-refractivity contribution is 8.18. The summed E-state index contributed by atoms with van der Waals surface area (Å²) in [6.07, 6.45) is 1.79. The maximum Gasteiger partial charge on any atom is 0.293 e. The number of hydrogen-bond donors (Lipinski definition) is 0. The Hall–Kier alpha value is -3.05. The molecule has 4 rings (SSSR count). The zero-order valence-corrected chi connectivity index (χ0v) is 17.2. The van der Waals surface area contributed by atoms with E-state index in [1.165, 1.54) is 4.90 Å². The first-order chi connectivity index (χ1) is 14.1. The Morgan fingerprint density at radius 2 is 1.86 bits per heavy atom. The first-order valence-electron chi connectivity index (χ1n) is 9.52. The molecule has 0 aliphatic carbocycles. The summed E-state index contributed by atoms with van der Waals surface area (Å²) in [5.41, 5.74) is 2.86. The smallest absolute Gasteiger partial charge is 0.293 e. The van der Waals surface area contributed by atoms with Crippen molar-refractivity contribution in [1.29, 1.82) is 0 Å². The van der Waals surface area contributed by atoms with Crippen LogP contribution in [-0.4, -0.2) is 22.7 Å². The monoisotopic (exact) mass is 403 g/mol. The highest BCUT2D eigenvalue weighted by Crippen LogP contribution is 2.37. The van der Waals surface area contributed by atoms with Crippen LogP contribution in [0.25, 0.3) is 16.8 Å². The Kier molecular flexibility index (Phi) is 5.41. The quantitative estimate of drug-likeness (QED) is 0.506. The lowest BCUT2D eigenvalue weighted by Gasteiger charge is -2.13. The van der Waals surface area contributed by atoms with Crippen LogP contribution in [-0.2, 0) is 11.3 Å². The Morgan fingerprint density at radius 3 is 2.66 bits per heavy atom. The minimum atomic E-state index is -0.267. The maximum absolute atomic E-state index is 13.0. The van der Waals surface area contributed by atoms with Crippen molar-refractivity contribution in [3.05, 3.63) is 82.3 Å². The molecule has 1 fully saturated rings. The highest BCUT2D eigenvalue weighted by atomic mass is 32.2. The van der Waals surface area contributed by atoms with E-state index in [1.54, 1.807) is 6.08 Å². The maximum atomic E-state index is 13.0. The number of ether oxygens (including phenoxy) is 1. The van der Waals surface area contributed by atoms with Gasteiger partial charge in [-0.2, -0.15) is 0 Å². The highest BCUT2D eigenvalue weighted by Gasteiger charge is 2.35. The average Bonchev–Trinajstić information content (AvgIpc) is 2.97. The second-order valence-electron chi connectivity index (χ2n) is 6.89. The zero-order valence-electron chi connectivity index (χ0n) is 16.3. The molecule has 0 saturated carbocycles. The summed E-state index contributed by atoms with van der Waals surface area (Å²) in [4.78, 5) is 27.3. The number of carbonyl (C=O) groups excluding carboxylic acids is 2. The average molecular weight is 404 g/mol. The molecule has 0 radical (unpaired) electrons. The number of hydrogen-bond acceptors (Lipinski definition) is 4. The number of amides is 2. The van der Waals surface area contributed by atoms with Crippen LogP contribution in [0, 0.1) is 6.92 Å². The Morgan fingerprint density at radius 1 is 1.03 bits per heavy atom. The third-order valence-corrected chi connectivity index (χ3v) is 5.71. The van der Waals surface area contributed by atoms with Crippen LogP contribution in [0.2, 0.25) is 0 Å². The van der Waals surface area contributed by atoms with Crippen molar-refractivity contribution >= 4 is 39.8 Å². The molecule has 0 N–H and O–H groups in total. The van der Waals surface area contributed by atoms with Crippen molar-refractivity contribution in [2.75, 3.05) is 6.61 Å². The van der Waals surface area contributed by atoms with Gasteiger partial charge in [0.2, 0.25) is 0 Å². The standard InChI is InChI=1S/C24H21NO3S/c1-3-28-21-12-11-18-9-4-5-10-19(18)20(21)14-22-23(26)25(24(27)29-22)15-17-8-6-7-16(2)13-17/h4-14H,3,15H2,1-2H3/b22-14+. The van der Waals surface area contributed by atoms with Crippen LogP contribution in [0.5, 0.6) is 5.75 Å². The fourth-order valence-electron chi connectivity index (χ4n) is 3.47. The van der Waals surface area contributed by atoms with E-state index in [1.807, 2.05) is 74.5 Å². The van der Waals surface area contributed by atoms with Gasteiger partial charge in [-0.1, -0.05) is 60.2 Å². The molecular weight excluding hydrogens is 382 g/mol. The lowest BCUT2D eigenvalue weighted by molar-refractivity contribution is -0.123. The molecule has 1 saturated heterocycles. The van der Waals surface area contributed by atoms with E-state index in [0.29, 0.717) is 17.3 Å². The zero-order chi connectivity index (χ0) is 20.4.